The normalized spacial score (nSPS) is 12.1. The molecule has 0 aliphatic heterocycles. The molecule has 1 unspecified atom stereocenters. The number of hydrogen-bond donors (Lipinski definition) is 2. The highest BCUT2D eigenvalue weighted by molar-refractivity contribution is 7.89. The quantitative estimate of drug-likeness (QED) is 0.316. The zero-order valence-electron chi connectivity index (χ0n) is 20.6. The number of benzene rings is 3. The lowest BCUT2D eigenvalue weighted by molar-refractivity contribution is -0.117. The molecule has 3 aromatic carbocycles. The molecule has 1 heterocycles. The predicted octanol–water partition coefficient (Wildman–Crippen LogP) is 3.81. The molecule has 0 aliphatic rings. The van der Waals surface area contributed by atoms with Crippen LogP contribution in [0.15, 0.2) is 83.8 Å². The third-order valence-corrected chi connectivity index (χ3v) is 7.93. The van der Waals surface area contributed by atoms with Crippen LogP contribution in [0.25, 0.3) is 10.6 Å². The Hall–Kier alpha value is -3.80. The van der Waals surface area contributed by atoms with E-state index in [0.717, 1.165) is 16.8 Å². The number of rotatable bonds is 10. The number of sulfonamides is 1. The van der Waals surface area contributed by atoms with Gasteiger partial charge in [0.2, 0.25) is 21.1 Å². The second kappa shape index (κ2) is 11.5. The minimum atomic E-state index is -3.99. The van der Waals surface area contributed by atoms with Crippen molar-refractivity contribution in [1.29, 1.82) is 0 Å². The summed E-state index contributed by atoms with van der Waals surface area (Å²) < 4.78 is 33.8. The third kappa shape index (κ3) is 6.70. The van der Waals surface area contributed by atoms with Crippen LogP contribution in [-0.4, -0.2) is 51.8 Å². The average molecular weight is 538 g/mol. The maximum atomic E-state index is 13.3. The molecular formula is C26H27N5O4S2. The first-order chi connectivity index (χ1) is 17.7. The summed E-state index contributed by atoms with van der Waals surface area (Å²) in [4.78, 5) is 15.3. The van der Waals surface area contributed by atoms with Crippen LogP contribution in [0.1, 0.15) is 5.56 Å². The minimum absolute atomic E-state index is 0.0264. The van der Waals surface area contributed by atoms with Gasteiger partial charge in [0.25, 0.3) is 0 Å². The Morgan fingerprint density at radius 3 is 2.27 bits per heavy atom. The van der Waals surface area contributed by atoms with Gasteiger partial charge in [-0.1, -0.05) is 41.7 Å². The SMILES string of the molecule is COc1ccc(S(=O)(=O)NC(Cc2ccccc2)C(=O)Nc2nnc(-c3ccc(N(C)C)cc3)s2)cc1. The lowest BCUT2D eigenvalue weighted by Gasteiger charge is -2.18. The van der Waals surface area contributed by atoms with Gasteiger partial charge in [-0.15, -0.1) is 10.2 Å². The van der Waals surface area contributed by atoms with Crippen LogP contribution in [0.5, 0.6) is 5.75 Å². The second-order valence-electron chi connectivity index (χ2n) is 8.38. The van der Waals surface area contributed by atoms with E-state index in [4.69, 9.17) is 4.74 Å². The van der Waals surface area contributed by atoms with Crippen LogP contribution in [0, 0.1) is 0 Å². The maximum Gasteiger partial charge on any atom is 0.244 e. The second-order valence-corrected chi connectivity index (χ2v) is 11.1. The minimum Gasteiger partial charge on any atom is -0.497 e. The topological polar surface area (TPSA) is 114 Å². The molecule has 9 nitrogen and oxygen atoms in total. The van der Waals surface area contributed by atoms with Gasteiger partial charge in [0.1, 0.15) is 16.8 Å². The fourth-order valence-corrected chi connectivity index (χ4v) is 5.48. The molecule has 11 heteroatoms. The van der Waals surface area contributed by atoms with E-state index in [1.807, 2.05) is 73.6 Å². The van der Waals surface area contributed by atoms with Crippen molar-refractivity contribution in [3.63, 3.8) is 0 Å². The van der Waals surface area contributed by atoms with Gasteiger partial charge in [-0.3, -0.25) is 10.1 Å². The molecule has 0 radical (unpaired) electrons. The van der Waals surface area contributed by atoms with Crippen LogP contribution in [-0.2, 0) is 21.2 Å². The number of aromatic nitrogens is 2. The van der Waals surface area contributed by atoms with E-state index in [2.05, 4.69) is 20.2 Å². The zero-order valence-corrected chi connectivity index (χ0v) is 22.2. The smallest absolute Gasteiger partial charge is 0.244 e. The van der Waals surface area contributed by atoms with Crippen molar-refractivity contribution in [2.45, 2.75) is 17.4 Å². The van der Waals surface area contributed by atoms with Gasteiger partial charge in [-0.2, -0.15) is 4.72 Å². The van der Waals surface area contributed by atoms with Gasteiger partial charge >= 0.3 is 0 Å². The standard InChI is InChI=1S/C26H27N5O4S2/c1-31(2)20-11-9-19(10-12-20)25-28-29-26(36-25)27-24(32)23(17-18-7-5-4-6-8-18)30-37(33,34)22-15-13-21(35-3)14-16-22/h4-16,23,30H,17H2,1-3H3,(H,27,29,32). The summed E-state index contributed by atoms with van der Waals surface area (Å²) in [6.45, 7) is 0. The Bertz CT molecular complexity index is 1440. The fraction of sp³-hybridized carbons (Fsp3) is 0.192. The summed E-state index contributed by atoms with van der Waals surface area (Å²) in [7, 11) is 1.43. The van der Waals surface area contributed by atoms with Crippen molar-refractivity contribution in [3.8, 4) is 16.3 Å². The van der Waals surface area contributed by atoms with Crippen molar-refractivity contribution < 1.29 is 17.9 Å². The number of carbonyl (C=O) groups is 1. The van der Waals surface area contributed by atoms with Gasteiger partial charge in [-0.05, 0) is 60.5 Å². The molecule has 2 N–H and O–H groups in total. The van der Waals surface area contributed by atoms with E-state index >= 15 is 0 Å². The van der Waals surface area contributed by atoms with E-state index in [-0.39, 0.29) is 16.4 Å². The Balaban J connectivity index is 1.53. The summed E-state index contributed by atoms with van der Waals surface area (Å²) in [6, 6.07) is 21.9. The molecule has 192 valence electrons. The molecule has 1 atom stereocenters. The van der Waals surface area contributed by atoms with Crippen LogP contribution >= 0.6 is 11.3 Å². The molecule has 1 amide bonds. The Morgan fingerprint density at radius 2 is 1.65 bits per heavy atom. The number of ether oxygens (including phenoxy) is 1. The summed E-state index contributed by atoms with van der Waals surface area (Å²) in [5.74, 6) is -0.00690. The van der Waals surface area contributed by atoms with Crippen LogP contribution in [0.4, 0.5) is 10.8 Å². The highest BCUT2D eigenvalue weighted by atomic mass is 32.2. The first-order valence-corrected chi connectivity index (χ1v) is 13.7. The van der Waals surface area contributed by atoms with Crippen LogP contribution < -0.4 is 19.7 Å². The number of carbonyl (C=O) groups excluding carboxylic acids is 1. The first kappa shape index (κ1) is 26.3. The fourth-order valence-electron chi connectivity index (χ4n) is 3.53. The molecule has 0 bridgehead atoms. The molecule has 0 saturated heterocycles. The highest BCUT2D eigenvalue weighted by Crippen LogP contribution is 2.28. The molecule has 4 rings (SSSR count). The van der Waals surface area contributed by atoms with Gasteiger partial charge in [0.05, 0.1) is 12.0 Å². The van der Waals surface area contributed by atoms with E-state index in [0.29, 0.717) is 10.8 Å². The highest BCUT2D eigenvalue weighted by Gasteiger charge is 2.27. The summed E-state index contributed by atoms with van der Waals surface area (Å²) >= 11 is 1.21. The van der Waals surface area contributed by atoms with Crippen molar-refractivity contribution in [2.24, 2.45) is 0 Å². The van der Waals surface area contributed by atoms with Gasteiger partial charge in [-0.25, -0.2) is 8.42 Å². The number of nitrogens with one attached hydrogen (secondary N) is 2. The van der Waals surface area contributed by atoms with Crippen molar-refractivity contribution in [1.82, 2.24) is 14.9 Å². The first-order valence-electron chi connectivity index (χ1n) is 11.4. The molecule has 37 heavy (non-hydrogen) atoms. The lowest BCUT2D eigenvalue weighted by atomic mass is 10.1. The maximum absolute atomic E-state index is 13.3. The molecule has 0 spiro atoms. The lowest BCUT2D eigenvalue weighted by Crippen LogP contribution is -2.45. The molecule has 1 aromatic heterocycles. The number of hydrogen-bond acceptors (Lipinski definition) is 8. The Labute approximate surface area is 220 Å². The summed E-state index contributed by atoms with van der Waals surface area (Å²) in [6.07, 6.45) is 0.152. The number of nitrogens with zero attached hydrogens (tertiary/aromatic N) is 3. The van der Waals surface area contributed by atoms with Gasteiger partial charge in [0.15, 0.2) is 0 Å². The average Bonchev–Trinajstić information content (AvgIpc) is 3.37. The molecule has 0 saturated carbocycles. The van der Waals surface area contributed by atoms with E-state index < -0.39 is 22.0 Å². The molecule has 0 fully saturated rings. The number of anilines is 2. The largest absolute Gasteiger partial charge is 0.497 e. The Kier molecular flexibility index (Phi) is 8.17. The summed E-state index contributed by atoms with van der Waals surface area (Å²) in [5.41, 5.74) is 2.72. The van der Waals surface area contributed by atoms with Crippen LogP contribution in [0.2, 0.25) is 0 Å². The van der Waals surface area contributed by atoms with Crippen LogP contribution in [0.3, 0.4) is 0 Å². The monoisotopic (exact) mass is 537 g/mol. The van der Waals surface area contributed by atoms with Crippen molar-refractivity contribution in [2.75, 3.05) is 31.4 Å². The number of amides is 1. The molecule has 4 aromatic rings. The zero-order chi connectivity index (χ0) is 26.4. The molecular weight excluding hydrogens is 510 g/mol. The van der Waals surface area contributed by atoms with E-state index in [1.165, 1.54) is 30.6 Å². The predicted molar refractivity (Wildman–Crippen MR) is 146 cm³/mol. The van der Waals surface area contributed by atoms with Crippen molar-refractivity contribution >= 4 is 38.1 Å². The Morgan fingerprint density at radius 1 is 0.973 bits per heavy atom. The van der Waals surface area contributed by atoms with Crippen molar-refractivity contribution in [3.05, 3.63) is 84.4 Å². The molecule has 0 aliphatic carbocycles. The summed E-state index contributed by atoms with van der Waals surface area (Å²) in [5, 5.41) is 11.9. The van der Waals surface area contributed by atoms with Gasteiger partial charge in [0, 0.05) is 25.3 Å². The van der Waals surface area contributed by atoms with E-state index in [9.17, 15) is 13.2 Å². The third-order valence-electron chi connectivity index (χ3n) is 5.55. The van der Waals surface area contributed by atoms with E-state index in [1.54, 1.807) is 12.1 Å². The number of methoxy groups -OCH3 is 1. The van der Waals surface area contributed by atoms with Gasteiger partial charge < -0.3 is 9.64 Å².